The minimum absolute atomic E-state index is 0.0288. The third-order valence-corrected chi connectivity index (χ3v) is 3.76. The predicted octanol–water partition coefficient (Wildman–Crippen LogP) is 3.62. The van der Waals surface area contributed by atoms with Gasteiger partial charge in [-0.2, -0.15) is 0 Å². The van der Waals surface area contributed by atoms with Crippen LogP contribution in [-0.4, -0.2) is 19.1 Å². The molecular weight excluding hydrogens is 294 g/mol. The molecule has 0 heterocycles. The average molecular weight is 314 g/mol. The molecule has 0 aliphatic heterocycles. The molecule has 0 aliphatic rings. The summed E-state index contributed by atoms with van der Waals surface area (Å²) in [6, 6.07) is 5.45. The molecule has 0 bridgehead atoms. The number of ether oxygens (including phenoxy) is 1. The van der Waals surface area contributed by atoms with Crippen molar-refractivity contribution in [2.24, 2.45) is 5.41 Å². The second-order valence-corrected chi connectivity index (χ2v) is 6.26. The van der Waals surface area contributed by atoms with Gasteiger partial charge in [-0.15, -0.1) is 0 Å². The van der Waals surface area contributed by atoms with Gasteiger partial charge < -0.3 is 10.1 Å². The Morgan fingerprint density at radius 2 is 2.00 bits per heavy atom. The summed E-state index contributed by atoms with van der Waals surface area (Å²) in [5.41, 5.74) is 0.617. The van der Waals surface area contributed by atoms with E-state index < -0.39 is 0 Å². The van der Waals surface area contributed by atoms with Gasteiger partial charge in [-0.3, -0.25) is 4.79 Å². The molecule has 0 fully saturated rings. The molecule has 0 saturated carbocycles. The summed E-state index contributed by atoms with van der Waals surface area (Å²) < 4.78 is 5.90. The predicted molar refractivity (Wildman–Crippen MR) is 77.1 cm³/mol. The van der Waals surface area contributed by atoms with Crippen LogP contribution in [0.15, 0.2) is 22.7 Å². The minimum Gasteiger partial charge on any atom is -0.497 e. The van der Waals surface area contributed by atoms with Crippen molar-refractivity contribution in [1.82, 2.24) is 5.32 Å². The molecule has 1 amide bonds. The first-order valence-corrected chi connectivity index (χ1v) is 6.69. The number of benzene rings is 1. The number of halogens is 1. The summed E-state index contributed by atoms with van der Waals surface area (Å²) in [6.45, 7) is 8.29. The lowest BCUT2D eigenvalue weighted by molar-refractivity contribution is 0.0909. The fourth-order valence-corrected chi connectivity index (χ4v) is 1.72. The van der Waals surface area contributed by atoms with Crippen molar-refractivity contribution in [3.63, 3.8) is 0 Å². The molecule has 1 atom stereocenters. The van der Waals surface area contributed by atoms with E-state index in [9.17, 15) is 4.79 Å². The zero-order valence-corrected chi connectivity index (χ0v) is 13.1. The first kappa shape index (κ1) is 15.0. The summed E-state index contributed by atoms with van der Waals surface area (Å²) >= 11 is 3.38. The molecule has 18 heavy (non-hydrogen) atoms. The van der Waals surface area contributed by atoms with Crippen LogP contribution in [0.4, 0.5) is 0 Å². The fourth-order valence-electron chi connectivity index (χ4n) is 1.30. The van der Waals surface area contributed by atoms with Gasteiger partial charge in [-0.05, 0) is 46.5 Å². The Balaban J connectivity index is 2.91. The quantitative estimate of drug-likeness (QED) is 0.925. The highest BCUT2D eigenvalue weighted by Crippen LogP contribution is 2.24. The molecule has 100 valence electrons. The van der Waals surface area contributed by atoms with Gasteiger partial charge >= 0.3 is 0 Å². The van der Waals surface area contributed by atoms with Crippen LogP contribution >= 0.6 is 15.9 Å². The van der Waals surface area contributed by atoms with Crippen LogP contribution in [0.2, 0.25) is 0 Å². The van der Waals surface area contributed by atoms with Crippen LogP contribution in [-0.2, 0) is 0 Å². The van der Waals surface area contributed by atoms with Crippen molar-refractivity contribution in [3.8, 4) is 5.75 Å². The van der Waals surface area contributed by atoms with Gasteiger partial charge in [0.15, 0.2) is 0 Å². The molecule has 1 aromatic carbocycles. The largest absolute Gasteiger partial charge is 0.497 e. The summed E-state index contributed by atoms with van der Waals surface area (Å²) in [7, 11) is 1.59. The van der Waals surface area contributed by atoms with Crippen molar-refractivity contribution >= 4 is 21.8 Å². The van der Waals surface area contributed by atoms with Gasteiger partial charge in [0.2, 0.25) is 0 Å². The Hall–Kier alpha value is -1.03. The summed E-state index contributed by atoms with van der Waals surface area (Å²) in [5.74, 6) is 0.579. The normalized spacial score (nSPS) is 13.0. The van der Waals surface area contributed by atoms with Gasteiger partial charge in [0, 0.05) is 10.5 Å². The zero-order valence-electron chi connectivity index (χ0n) is 11.5. The number of rotatable bonds is 3. The lowest BCUT2D eigenvalue weighted by atomic mass is 9.88. The average Bonchev–Trinajstić information content (AvgIpc) is 2.28. The van der Waals surface area contributed by atoms with Crippen molar-refractivity contribution in [1.29, 1.82) is 0 Å². The van der Waals surface area contributed by atoms with Crippen LogP contribution in [0, 0.1) is 5.41 Å². The van der Waals surface area contributed by atoms with E-state index in [0.29, 0.717) is 11.3 Å². The van der Waals surface area contributed by atoms with E-state index >= 15 is 0 Å². The molecule has 0 aliphatic carbocycles. The van der Waals surface area contributed by atoms with Crippen LogP contribution in [0.25, 0.3) is 0 Å². The number of carbonyl (C=O) groups excluding carboxylic acids is 1. The smallest absolute Gasteiger partial charge is 0.252 e. The molecule has 0 saturated heterocycles. The van der Waals surface area contributed by atoms with Crippen molar-refractivity contribution in [2.75, 3.05) is 7.11 Å². The lowest BCUT2D eigenvalue weighted by Gasteiger charge is -2.28. The van der Waals surface area contributed by atoms with Crippen molar-refractivity contribution in [3.05, 3.63) is 28.2 Å². The Kier molecular flexibility index (Phi) is 4.79. The van der Waals surface area contributed by atoms with Crippen LogP contribution in [0.5, 0.6) is 5.75 Å². The van der Waals surface area contributed by atoms with Gasteiger partial charge in [-0.25, -0.2) is 0 Å². The molecule has 1 N–H and O–H groups in total. The maximum Gasteiger partial charge on any atom is 0.252 e. The van der Waals surface area contributed by atoms with E-state index in [0.717, 1.165) is 4.47 Å². The minimum atomic E-state index is -0.0943. The maximum absolute atomic E-state index is 12.2. The van der Waals surface area contributed by atoms with E-state index in [1.165, 1.54) is 0 Å². The molecule has 0 aromatic heterocycles. The topological polar surface area (TPSA) is 38.3 Å². The Morgan fingerprint density at radius 3 is 2.50 bits per heavy atom. The standard InChI is InChI=1S/C14H20BrNO2/c1-9(14(2,3)4)16-13(17)11-8-10(18-5)6-7-12(11)15/h6-9H,1-5H3,(H,16,17). The van der Waals surface area contributed by atoms with E-state index in [1.807, 2.05) is 19.1 Å². The third kappa shape index (κ3) is 3.73. The highest BCUT2D eigenvalue weighted by Gasteiger charge is 2.23. The summed E-state index contributed by atoms with van der Waals surface area (Å²) in [6.07, 6.45) is 0. The molecule has 1 rings (SSSR count). The Bertz CT molecular complexity index is 438. The molecular formula is C14H20BrNO2. The summed E-state index contributed by atoms with van der Waals surface area (Å²) in [4.78, 5) is 12.2. The molecule has 3 nitrogen and oxygen atoms in total. The molecule has 1 unspecified atom stereocenters. The van der Waals surface area contributed by atoms with Crippen LogP contribution < -0.4 is 10.1 Å². The third-order valence-electron chi connectivity index (χ3n) is 3.06. The highest BCUT2D eigenvalue weighted by molar-refractivity contribution is 9.10. The van der Waals surface area contributed by atoms with Crippen LogP contribution in [0.3, 0.4) is 0 Å². The van der Waals surface area contributed by atoms with Gasteiger partial charge in [0.1, 0.15) is 5.75 Å². The monoisotopic (exact) mass is 313 g/mol. The molecule has 4 heteroatoms. The second kappa shape index (κ2) is 5.74. The SMILES string of the molecule is COc1ccc(Br)c(C(=O)NC(C)C(C)(C)C)c1. The zero-order chi connectivity index (χ0) is 13.9. The van der Waals surface area contributed by atoms with Crippen LogP contribution in [0.1, 0.15) is 38.1 Å². The number of methoxy groups -OCH3 is 1. The van der Waals surface area contributed by atoms with E-state index in [1.54, 1.807) is 13.2 Å². The van der Waals surface area contributed by atoms with E-state index in [4.69, 9.17) is 4.74 Å². The summed E-state index contributed by atoms with van der Waals surface area (Å²) in [5, 5.41) is 3.00. The number of amides is 1. The molecule has 0 spiro atoms. The first-order chi connectivity index (χ1) is 8.25. The number of hydrogen-bond donors (Lipinski definition) is 1. The van der Waals surface area contributed by atoms with Gasteiger partial charge in [0.05, 0.1) is 12.7 Å². The Morgan fingerprint density at radius 1 is 1.39 bits per heavy atom. The molecule has 1 aromatic rings. The second-order valence-electron chi connectivity index (χ2n) is 5.41. The number of carbonyl (C=O) groups is 1. The fraction of sp³-hybridized carbons (Fsp3) is 0.500. The highest BCUT2D eigenvalue weighted by atomic mass is 79.9. The first-order valence-electron chi connectivity index (χ1n) is 5.90. The van der Waals surface area contributed by atoms with E-state index in [-0.39, 0.29) is 17.4 Å². The van der Waals surface area contributed by atoms with Crippen molar-refractivity contribution in [2.45, 2.75) is 33.7 Å². The van der Waals surface area contributed by atoms with Gasteiger partial charge in [-0.1, -0.05) is 20.8 Å². The Labute approximate surface area is 117 Å². The maximum atomic E-state index is 12.2. The number of hydrogen-bond acceptors (Lipinski definition) is 2. The van der Waals surface area contributed by atoms with E-state index in [2.05, 4.69) is 42.0 Å². The molecule has 0 radical (unpaired) electrons. The lowest BCUT2D eigenvalue weighted by Crippen LogP contribution is -2.41. The number of nitrogens with one attached hydrogen (secondary N) is 1. The van der Waals surface area contributed by atoms with Gasteiger partial charge in [0.25, 0.3) is 5.91 Å². The van der Waals surface area contributed by atoms with Crippen molar-refractivity contribution < 1.29 is 9.53 Å².